The molecule has 2 heterocycles. The average molecular weight is 269 g/mol. The third-order valence-corrected chi connectivity index (χ3v) is 3.76. The van der Waals surface area contributed by atoms with E-state index >= 15 is 0 Å². The van der Waals surface area contributed by atoms with Crippen molar-refractivity contribution in [3.05, 3.63) is 11.1 Å². The van der Waals surface area contributed by atoms with Crippen LogP contribution in [0.3, 0.4) is 0 Å². The Morgan fingerprint density at radius 1 is 1.67 bits per heavy atom. The smallest absolute Gasteiger partial charge is 0.321 e. The zero-order chi connectivity index (χ0) is 12.8. The Balaban J connectivity index is 1.72. The van der Waals surface area contributed by atoms with E-state index in [0.717, 1.165) is 32.3 Å². The summed E-state index contributed by atoms with van der Waals surface area (Å²) in [6, 6.07) is -0.206. The number of thiazole rings is 1. The van der Waals surface area contributed by atoms with Crippen molar-refractivity contribution in [2.75, 3.05) is 18.5 Å². The van der Waals surface area contributed by atoms with Crippen LogP contribution < -0.4 is 10.6 Å². The van der Waals surface area contributed by atoms with Gasteiger partial charge in [-0.05, 0) is 19.3 Å². The molecule has 5 nitrogen and oxygen atoms in total. The quantitative estimate of drug-likeness (QED) is 0.862. The first-order chi connectivity index (χ1) is 8.78. The maximum atomic E-state index is 11.6. The highest BCUT2D eigenvalue weighted by atomic mass is 32.1. The van der Waals surface area contributed by atoms with Gasteiger partial charge in [0, 0.05) is 24.2 Å². The number of carbonyl (C=O) groups excluding carboxylic acids is 1. The van der Waals surface area contributed by atoms with E-state index < -0.39 is 0 Å². The first-order valence-electron chi connectivity index (χ1n) is 6.39. The van der Waals surface area contributed by atoms with Crippen molar-refractivity contribution in [2.45, 2.75) is 38.7 Å². The van der Waals surface area contributed by atoms with E-state index in [0.29, 0.717) is 11.7 Å². The van der Waals surface area contributed by atoms with Gasteiger partial charge in [0.25, 0.3) is 0 Å². The van der Waals surface area contributed by atoms with E-state index in [1.165, 1.54) is 16.2 Å². The van der Waals surface area contributed by atoms with E-state index in [1.807, 2.05) is 6.20 Å². The van der Waals surface area contributed by atoms with Crippen LogP contribution in [-0.4, -0.2) is 30.3 Å². The summed E-state index contributed by atoms with van der Waals surface area (Å²) in [6.45, 7) is 3.50. The van der Waals surface area contributed by atoms with Crippen LogP contribution >= 0.6 is 11.3 Å². The van der Waals surface area contributed by atoms with Crippen LogP contribution in [0.5, 0.6) is 0 Å². The summed E-state index contributed by atoms with van der Waals surface area (Å²) in [6.07, 6.45) is 6.20. The third kappa shape index (κ3) is 3.96. The Kier molecular flexibility index (Phi) is 4.95. The van der Waals surface area contributed by atoms with E-state index in [2.05, 4.69) is 22.5 Å². The number of amides is 2. The van der Waals surface area contributed by atoms with Gasteiger partial charge in [0.05, 0.1) is 6.10 Å². The molecule has 18 heavy (non-hydrogen) atoms. The van der Waals surface area contributed by atoms with Crippen LogP contribution in [0.15, 0.2) is 6.20 Å². The lowest BCUT2D eigenvalue weighted by Gasteiger charge is -2.10. The summed E-state index contributed by atoms with van der Waals surface area (Å²) in [5, 5.41) is 6.21. The van der Waals surface area contributed by atoms with Gasteiger partial charge in [-0.25, -0.2) is 9.78 Å². The number of anilines is 1. The van der Waals surface area contributed by atoms with E-state index in [9.17, 15) is 4.79 Å². The second-order valence-corrected chi connectivity index (χ2v) is 5.47. The predicted octanol–water partition coefficient (Wildman–Crippen LogP) is 2.40. The lowest BCUT2D eigenvalue weighted by atomic mass is 10.2. The van der Waals surface area contributed by atoms with E-state index in [-0.39, 0.29) is 12.1 Å². The molecule has 2 amide bonds. The maximum absolute atomic E-state index is 11.6. The van der Waals surface area contributed by atoms with Crippen LogP contribution in [0.2, 0.25) is 0 Å². The highest BCUT2D eigenvalue weighted by Crippen LogP contribution is 2.19. The first kappa shape index (κ1) is 13.3. The second-order valence-electron chi connectivity index (χ2n) is 4.35. The van der Waals surface area contributed by atoms with Gasteiger partial charge in [-0.15, -0.1) is 11.3 Å². The van der Waals surface area contributed by atoms with Crippen molar-refractivity contribution in [3.8, 4) is 0 Å². The fraction of sp³-hybridized carbons (Fsp3) is 0.667. The number of rotatable bonds is 5. The summed E-state index contributed by atoms with van der Waals surface area (Å²) >= 11 is 1.53. The number of ether oxygens (including phenoxy) is 1. The normalized spacial score (nSPS) is 18.8. The first-order valence-corrected chi connectivity index (χ1v) is 7.20. The number of hydrogen-bond donors (Lipinski definition) is 2. The SMILES string of the molecule is CCCc1cnc(NC(=O)NCC2CCCO2)s1. The Morgan fingerprint density at radius 2 is 2.56 bits per heavy atom. The molecule has 1 unspecified atom stereocenters. The molecule has 0 aliphatic carbocycles. The number of nitrogens with one attached hydrogen (secondary N) is 2. The fourth-order valence-corrected chi connectivity index (χ4v) is 2.79. The minimum Gasteiger partial charge on any atom is -0.376 e. The number of aryl methyl sites for hydroxylation is 1. The van der Waals surface area contributed by atoms with Crippen LogP contribution in [0.4, 0.5) is 9.93 Å². The summed E-state index contributed by atoms with van der Waals surface area (Å²) in [7, 11) is 0. The highest BCUT2D eigenvalue weighted by Gasteiger charge is 2.16. The van der Waals surface area contributed by atoms with Gasteiger partial charge in [-0.2, -0.15) is 0 Å². The van der Waals surface area contributed by atoms with Gasteiger partial charge in [-0.3, -0.25) is 5.32 Å². The molecule has 1 saturated heterocycles. The maximum Gasteiger partial charge on any atom is 0.321 e. The van der Waals surface area contributed by atoms with Gasteiger partial charge >= 0.3 is 6.03 Å². The summed E-state index contributed by atoms with van der Waals surface area (Å²) < 4.78 is 5.43. The summed E-state index contributed by atoms with van der Waals surface area (Å²) in [5.41, 5.74) is 0. The van der Waals surface area contributed by atoms with Crippen LogP contribution in [-0.2, 0) is 11.2 Å². The van der Waals surface area contributed by atoms with Crippen molar-refractivity contribution in [1.82, 2.24) is 10.3 Å². The Morgan fingerprint density at radius 3 is 3.28 bits per heavy atom. The van der Waals surface area contributed by atoms with Crippen LogP contribution in [0, 0.1) is 0 Å². The van der Waals surface area contributed by atoms with Crippen molar-refractivity contribution < 1.29 is 9.53 Å². The lowest BCUT2D eigenvalue weighted by molar-refractivity contribution is 0.112. The van der Waals surface area contributed by atoms with E-state index in [1.54, 1.807) is 0 Å². The molecule has 1 atom stereocenters. The predicted molar refractivity (Wildman–Crippen MR) is 72.1 cm³/mol. The molecular formula is C12H19N3O2S. The third-order valence-electron chi connectivity index (χ3n) is 2.78. The fourth-order valence-electron chi connectivity index (χ4n) is 1.88. The molecule has 2 rings (SSSR count). The molecule has 0 bridgehead atoms. The number of nitrogens with zero attached hydrogens (tertiary/aromatic N) is 1. The Labute approximate surface area is 111 Å². The second kappa shape index (κ2) is 6.70. The zero-order valence-electron chi connectivity index (χ0n) is 10.6. The van der Waals surface area contributed by atoms with Crippen LogP contribution in [0.25, 0.3) is 0 Å². The molecule has 2 N–H and O–H groups in total. The molecule has 1 fully saturated rings. The average Bonchev–Trinajstić information content (AvgIpc) is 2.99. The topological polar surface area (TPSA) is 63.2 Å². The van der Waals surface area contributed by atoms with Gasteiger partial charge in [0.1, 0.15) is 0 Å². The standard InChI is InChI=1S/C12H19N3O2S/c1-2-4-10-8-14-12(18-10)15-11(16)13-7-9-5-3-6-17-9/h8-9H,2-7H2,1H3,(H2,13,14,15,16). The Hall–Kier alpha value is -1.14. The van der Waals surface area contributed by atoms with Crippen LogP contribution in [0.1, 0.15) is 31.1 Å². The molecule has 1 aliphatic heterocycles. The number of aromatic nitrogens is 1. The minimum atomic E-state index is -0.206. The van der Waals surface area contributed by atoms with Crippen molar-refractivity contribution >= 4 is 22.5 Å². The van der Waals surface area contributed by atoms with Crippen molar-refractivity contribution in [2.24, 2.45) is 0 Å². The van der Waals surface area contributed by atoms with Crippen molar-refractivity contribution in [1.29, 1.82) is 0 Å². The molecule has 1 aromatic rings. The van der Waals surface area contributed by atoms with Gasteiger partial charge in [0.2, 0.25) is 0 Å². The molecule has 6 heteroatoms. The molecule has 1 aromatic heterocycles. The largest absolute Gasteiger partial charge is 0.376 e. The molecule has 1 aliphatic rings. The molecule has 0 aromatic carbocycles. The highest BCUT2D eigenvalue weighted by molar-refractivity contribution is 7.15. The number of hydrogen-bond acceptors (Lipinski definition) is 4. The number of carbonyl (C=O) groups is 1. The number of urea groups is 1. The van der Waals surface area contributed by atoms with E-state index in [4.69, 9.17) is 4.74 Å². The molecule has 100 valence electrons. The molecule has 0 spiro atoms. The summed E-state index contributed by atoms with van der Waals surface area (Å²) in [4.78, 5) is 17.0. The monoisotopic (exact) mass is 269 g/mol. The molecule has 0 radical (unpaired) electrons. The summed E-state index contributed by atoms with van der Waals surface area (Å²) in [5.74, 6) is 0. The van der Waals surface area contributed by atoms with Gasteiger partial charge in [0.15, 0.2) is 5.13 Å². The molecule has 0 saturated carbocycles. The zero-order valence-corrected chi connectivity index (χ0v) is 11.4. The minimum absolute atomic E-state index is 0.169. The van der Waals surface area contributed by atoms with Gasteiger partial charge in [-0.1, -0.05) is 13.3 Å². The molecular weight excluding hydrogens is 250 g/mol. The lowest BCUT2D eigenvalue weighted by Crippen LogP contribution is -2.34. The van der Waals surface area contributed by atoms with Gasteiger partial charge < -0.3 is 10.1 Å². The Bertz CT molecular complexity index is 388. The van der Waals surface area contributed by atoms with Crippen molar-refractivity contribution in [3.63, 3.8) is 0 Å².